The number of hydrogen-bond donors (Lipinski definition) is 2. The third kappa shape index (κ3) is 1.47. The number of ether oxygens (including phenoxy) is 1. The lowest BCUT2D eigenvalue weighted by molar-refractivity contribution is 0.274. The molecule has 0 fully saturated rings. The fourth-order valence-corrected chi connectivity index (χ4v) is 2.24. The predicted molar refractivity (Wildman–Crippen MR) is 68.3 cm³/mol. The molecule has 17 heavy (non-hydrogen) atoms. The van der Waals surface area contributed by atoms with Crippen LogP contribution in [0.5, 0.6) is 5.75 Å². The standard InChI is InChI=1S/C14H13NO2/c1-17-14-7-13-11(6-9(14)8-16)10-4-2-3-5-12(10)15-13/h2-7,15-16H,8H2,1H3. The van der Waals surface area contributed by atoms with Crippen LogP contribution in [0.25, 0.3) is 21.8 Å². The van der Waals surface area contributed by atoms with E-state index in [9.17, 15) is 5.11 Å². The number of rotatable bonds is 2. The molecule has 0 aliphatic carbocycles. The average Bonchev–Trinajstić information content (AvgIpc) is 2.74. The zero-order valence-electron chi connectivity index (χ0n) is 9.53. The van der Waals surface area contributed by atoms with Crippen LogP contribution < -0.4 is 4.74 Å². The summed E-state index contributed by atoms with van der Waals surface area (Å²) in [6, 6.07) is 12.0. The van der Waals surface area contributed by atoms with E-state index in [1.54, 1.807) is 7.11 Å². The zero-order valence-corrected chi connectivity index (χ0v) is 9.53. The molecule has 0 bridgehead atoms. The van der Waals surface area contributed by atoms with E-state index in [4.69, 9.17) is 4.74 Å². The number of aromatic amines is 1. The van der Waals surface area contributed by atoms with Gasteiger partial charge in [-0.15, -0.1) is 0 Å². The number of H-pyrrole nitrogens is 1. The Hall–Kier alpha value is -2.00. The fraction of sp³-hybridized carbons (Fsp3) is 0.143. The third-order valence-electron chi connectivity index (χ3n) is 3.08. The number of aromatic nitrogens is 1. The van der Waals surface area contributed by atoms with Crippen molar-refractivity contribution in [1.29, 1.82) is 0 Å². The van der Waals surface area contributed by atoms with Gasteiger partial charge in [0.25, 0.3) is 0 Å². The highest BCUT2D eigenvalue weighted by atomic mass is 16.5. The summed E-state index contributed by atoms with van der Waals surface area (Å²) in [7, 11) is 1.61. The lowest BCUT2D eigenvalue weighted by Crippen LogP contribution is -1.91. The van der Waals surface area contributed by atoms with Crippen LogP contribution >= 0.6 is 0 Å². The molecule has 86 valence electrons. The largest absolute Gasteiger partial charge is 0.496 e. The van der Waals surface area contributed by atoms with Crippen molar-refractivity contribution in [1.82, 2.24) is 4.98 Å². The number of benzene rings is 2. The van der Waals surface area contributed by atoms with Gasteiger partial charge in [-0.1, -0.05) is 18.2 Å². The van der Waals surface area contributed by atoms with Gasteiger partial charge in [0.15, 0.2) is 0 Å². The summed E-state index contributed by atoms with van der Waals surface area (Å²) in [6.45, 7) is -0.0153. The first-order valence-corrected chi connectivity index (χ1v) is 5.51. The molecule has 0 saturated carbocycles. The maximum Gasteiger partial charge on any atom is 0.126 e. The molecule has 0 saturated heterocycles. The summed E-state index contributed by atoms with van der Waals surface area (Å²) in [4.78, 5) is 3.34. The highest BCUT2D eigenvalue weighted by Gasteiger charge is 2.09. The maximum absolute atomic E-state index is 9.33. The van der Waals surface area contributed by atoms with Crippen molar-refractivity contribution >= 4 is 21.8 Å². The summed E-state index contributed by atoms with van der Waals surface area (Å²) in [5.74, 6) is 0.714. The molecule has 0 aliphatic rings. The lowest BCUT2D eigenvalue weighted by atomic mass is 10.1. The number of aliphatic hydroxyl groups is 1. The van der Waals surface area contributed by atoms with Crippen LogP contribution in [0.4, 0.5) is 0 Å². The monoisotopic (exact) mass is 227 g/mol. The van der Waals surface area contributed by atoms with Crippen molar-refractivity contribution in [2.24, 2.45) is 0 Å². The Morgan fingerprint density at radius 2 is 1.94 bits per heavy atom. The van der Waals surface area contributed by atoms with Crippen molar-refractivity contribution in [3.63, 3.8) is 0 Å². The Balaban J connectivity index is 2.41. The first-order valence-electron chi connectivity index (χ1n) is 5.51. The van der Waals surface area contributed by atoms with Gasteiger partial charge in [0.05, 0.1) is 19.2 Å². The zero-order chi connectivity index (χ0) is 11.8. The third-order valence-corrected chi connectivity index (χ3v) is 3.08. The SMILES string of the molecule is COc1cc2[nH]c3ccccc3c2cc1CO. The Bertz CT molecular complexity index is 685. The van der Waals surface area contributed by atoms with Crippen LogP contribution in [0.3, 0.4) is 0 Å². The number of hydrogen-bond acceptors (Lipinski definition) is 2. The van der Waals surface area contributed by atoms with Crippen LogP contribution in [0.1, 0.15) is 5.56 Å². The molecule has 0 unspecified atom stereocenters. The average molecular weight is 227 g/mol. The van der Waals surface area contributed by atoms with Crippen molar-refractivity contribution in [3.8, 4) is 5.75 Å². The molecule has 0 amide bonds. The Kier molecular flexibility index (Phi) is 2.27. The van der Waals surface area contributed by atoms with Gasteiger partial charge in [0, 0.05) is 27.9 Å². The van der Waals surface area contributed by atoms with Gasteiger partial charge in [-0.05, 0) is 12.1 Å². The van der Waals surface area contributed by atoms with Gasteiger partial charge < -0.3 is 14.8 Å². The molecule has 0 spiro atoms. The van der Waals surface area contributed by atoms with Gasteiger partial charge in [0.2, 0.25) is 0 Å². The fourth-order valence-electron chi connectivity index (χ4n) is 2.24. The Morgan fingerprint density at radius 3 is 2.71 bits per heavy atom. The molecule has 2 N–H and O–H groups in total. The molecule has 3 aromatic rings. The summed E-state index contributed by atoms with van der Waals surface area (Å²) in [5, 5.41) is 11.6. The summed E-state index contributed by atoms with van der Waals surface area (Å²) >= 11 is 0. The molecule has 0 radical (unpaired) electrons. The normalized spacial score (nSPS) is 11.2. The van der Waals surface area contributed by atoms with Gasteiger partial charge in [-0.25, -0.2) is 0 Å². The highest BCUT2D eigenvalue weighted by Crippen LogP contribution is 2.31. The predicted octanol–water partition coefficient (Wildman–Crippen LogP) is 2.82. The number of para-hydroxylation sites is 1. The molecule has 2 aromatic carbocycles. The topological polar surface area (TPSA) is 45.2 Å². The second-order valence-electron chi connectivity index (χ2n) is 4.04. The van der Waals surface area contributed by atoms with E-state index in [2.05, 4.69) is 11.1 Å². The number of nitrogens with one attached hydrogen (secondary N) is 1. The van der Waals surface area contributed by atoms with E-state index in [-0.39, 0.29) is 6.61 Å². The van der Waals surface area contributed by atoms with Crippen LogP contribution in [-0.2, 0) is 6.61 Å². The van der Waals surface area contributed by atoms with Crippen molar-refractivity contribution in [2.75, 3.05) is 7.11 Å². The molecule has 3 heteroatoms. The highest BCUT2D eigenvalue weighted by molar-refractivity contribution is 6.07. The summed E-state index contributed by atoms with van der Waals surface area (Å²) in [6.07, 6.45) is 0. The lowest BCUT2D eigenvalue weighted by Gasteiger charge is -2.06. The summed E-state index contributed by atoms with van der Waals surface area (Å²) < 4.78 is 5.26. The molecular formula is C14H13NO2. The van der Waals surface area contributed by atoms with Crippen LogP contribution in [0.15, 0.2) is 36.4 Å². The van der Waals surface area contributed by atoms with E-state index in [1.165, 1.54) is 5.39 Å². The second-order valence-corrected chi connectivity index (χ2v) is 4.04. The Labute approximate surface area is 98.6 Å². The molecule has 1 aromatic heterocycles. The van der Waals surface area contributed by atoms with Gasteiger partial charge in [0.1, 0.15) is 5.75 Å². The van der Waals surface area contributed by atoms with Crippen LogP contribution in [0.2, 0.25) is 0 Å². The van der Waals surface area contributed by atoms with Crippen LogP contribution in [-0.4, -0.2) is 17.2 Å². The first kappa shape index (κ1) is 10.2. The molecule has 3 nitrogen and oxygen atoms in total. The number of methoxy groups -OCH3 is 1. The molecule has 3 rings (SSSR count). The van der Waals surface area contributed by atoms with Crippen LogP contribution in [0, 0.1) is 0 Å². The minimum atomic E-state index is -0.0153. The second kappa shape index (κ2) is 3.79. The maximum atomic E-state index is 9.33. The van der Waals surface area contributed by atoms with E-state index < -0.39 is 0 Å². The minimum Gasteiger partial charge on any atom is -0.496 e. The van der Waals surface area contributed by atoms with Gasteiger partial charge >= 0.3 is 0 Å². The van der Waals surface area contributed by atoms with E-state index in [1.807, 2.05) is 30.3 Å². The van der Waals surface area contributed by atoms with E-state index in [0.29, 0.717) is 5.75 Å². The van der Waals surface area contributed by atoms with Gasteiger partial charge in [-0.3, -0.25) is 0 Å². The van der Waals surface area contributed by atoms with E-state index in [0.717, 1.165) is 22.0 Å². The molecule has 1 heterocycles. The molecule has 0 aliphatic heterocycles. The molecule has 0 atom stereocenters. The van der Waals surface area contributed by atoms with Crippen molar-refractivity contribution in [2.45, 2.75) is 6.61 Å². The minimum absolute atomic E-state index is 0.0153. The van der Waals surface area contributed by atoms with E-state index >= 15 is 0 Å². The van der Waals surface area contributed by atoms with Crippen molar-refractivity contribution in [3.05, 3.63) is 42.0 Å². The Morgan fingerprint density at radius 1 is 1.12 bits per heavy atom. The number of aliphatic hydroxyl groups excluding tert-OH is 1. The smallest absolute Gasteiger partial charge is 0.126 e. The quantitative estimate of drug-likeness (QED) is 0.707. The number of fused-ring (bicyclic) bond motifs is 3. The summed E-state index contributed by atoms with van der Waals surface area (Å²) in [5.41, 5.74) is 2.93. The van der Waals surface area contributed by atoms with Gasteiger partial charge in [-0.2, -0.15) is 0 Å². The molecular weight excluding hydrogens is 214 g/mol. The first-order chi connectivity index (χ1) is 8.33. The van der Waals surface area contributed by atoms with Crippen molar-refractivity contribution < 1.29 is 9.84 Å².